The molecule has 0 bridgehead atoms. The third-order valence-corrected chi connectivity index (χ3v) is 3.12. The molecule has 0 aliphatic rings. The SMILES string of the molecule is [C-]#[N+]/C(C#N)=c1/cc/c(=C(\C#N)[N+]#[C-])c2cc(C)ccc12. The highest BCUT2D eigenvalue weighted by Crippen LogP contribution is 2.11. The average Bonchev–Trinajstić information content (AvgIpc) is 2.51. The van der Waals surface area contributed by atoms with Crippen LogP contribution in [-0.4, -0.2) is 0 Å². The Morgan fingerprint density at radius 2 is 1.43 bits per heavy atom. The van der Waals surface area contributed by atoms with Gasteiger partial charge in [0.2, 0.25) is 0 Å². The molecular formula is C17H8N4. The largest absolute Gasteiger partial charge is 0.269 e. The zero-order valence-corrected chi connectivity index (χ0v) is 11.2. The van der Waals surface area contributed by atoms with Gasteiger partial charge in [-0.25, -0.2) is 20.2 Å². The minimum Gasteiger partial charge on any atom is -0.226 e. The first-order chi connectivity index (χ1) is 10.2. The topological polar surface area (TPSA) is 56.3 Å². The predicted molar refractivity (Wildman–Crippen MR) is 79.2 cm³/mol. The van der Waals surface area contributed by atoms with E-state index in [-0.39, 0.29) is 11.4 Å². The number of aryl methyl sites for hydroxylation is 1. The van der Waals surface area contributed by atoms with Gasteiger partial charge in [-0.1, -0.05) is 35.9 Å². The van der Waals surface area contributed by atoms with Gasteiger partial charge in [0.15, 0.2) is 0 Å². The first kappa shape index (κ1) is 13.8. The van der Waals surface area contributed by atoms with Gasteiger partial charge in [-0.05, 0) is 28.1 Å². The maximum atomic E-state index is 9.07. The summed E-state index contributed by atoms with van der Waals surface area (Å²) in [5.74, 6) is 0. The first-order valence-corrected chi connectivity index (χ1v) is 5.99. The molecule has 21 heavy (non-hydrogen) atoms. The van der Waals surface area contributed by atoms with Gasteiger partial charge < -0.3 is 0 Å². The van der Waals surface area contributed by atoms with Gasteiger partial charge in [-0.3, -0.25) is 0 Å². The third kappa shape index (κ3) is 2.31. The highest BCUT2D eigenvalue weighted by Gasteiger charge is 2.05. The van der Waals surface area contributed by atoms with E-state index in [0.29, 0.717) is 21.2 Å². The summed E-state index contributed by atoms with van der Waals surface area (Å²) in [6.45, 7) is 16.1. The molecule has 0 spiro atoms. The molecule has 0 aliphatic carbocycles. The van der Waals surface area contributed by atoms with E-state index in [9.17, 15) is 0 Å². The summed E-state index contributed by atoms with van der Waals surface area (Å²) in [7, 11) is 0. The number of hydrogen-bond donors (Lipinski definition) is 0. The average molecular weight is 268 g/mol. The van der Waals surface area contributed by atoms with Gasteiger partial charge >= 0.3 is 0 Å². The molecule has 2 aromatic rings. The smallest absolute Gasteiger partial charge is 0.226 e. The molecule has 96 valence electrons. The molecule has 4 nitrogen and oxygen atoms in total. The molecule has 0 atom stereocenters. The maximum absolute atomic E-state index is 9.07. The van der Waals surface area contributed by atoms with E-state index in [2.05, 4.69) is 9.69 Å². The number of nitrogens with zero attached hydrogens (tertiary/aromatic N) is 4. The molecule has 2 rings (SSSR count). The van der Waals surface area contributed by atoms with Crippen molar-refractivity contribution in [2.45, 2.75) is 6.92 Å². The van der Waals surface area contributed by atoms with Crippen molar-refractivity contribution >= 4 is 22.2 Å². The number of rotatable bonds is 0. The lowest BCUT2D eigenvalue weighted by atomic mass is 10.0. The second kappa shape index (κ2) is 5.58. The van der Waals surface area contributed by atoms with E-state index >= 15 is 0 Å². The lowest BCUT2D eigenvalue weighted by molar-refractivity contribution is 1.47. The highest BCUT2D eigenvalue weighted by atomic mass is 14.7. The van der Waals surface area contributed by atoms with Crippen LogP contribution in [0.1, 0.15) is 5.56 Å². The Bertz CT molecular complexity index is 1000. The van der Waals surface area contributed by atoms with Gasteiger partial charge in [0.1, 0.15) is 0 Å². The summed E-state index contributed by atoms with van der Waals surface area (Å²) < 4.78 is 0. The van der Waals surface area contributed by atoms with Crippen LogP contribution in [0.15, 0.2) is 30.3 Å². The normalized spacial score (nSPS) is 12.4. The Hall–Kier alpha value is -3.60. The zero-order chi connectivity index (χ0) is 15.4. The van der Waals surface area contributed by atoms with Crippen LogP contribution in [0, 0.1) is 42.7 Å². The molecule has 0 heterocycles. The second-order valence-electron chi connectivity index (χ2n) is 4.35. The Balaban J connectivity index is 3.24. The van der Waals surface area contributed by atoms with Crippen molar-refractivity contribution in [3.63, 3.8) is 0 Å². The maximum Gasteiger partial charge on any atom is 0.269 e. The zero-order valence-electron chi connectivity index (χ0n) is 11.2. The van der Waals surface area contributed by atoms with Gasteiger partial charge in [-0.15, -0.1) is 0 Å². The van der Waals surface area contributed by atoms with Crippen LogP contribution in [0.4, 0.5) is 0 Å². The Kier molecular flexibility index (Phi) is 3.67. The predicted octanol–water partition coefficient (Wildman–Crippen LogP) is 2.25. The van der Waals surface area contributed by atoms with E-state index in [4.69, 9.17) is 23.7 Å². The molecule has 0 aliphatic heterocycles. The first-order valence-electron chi connectivity index (χ1n) is 5.99. The van der Waals surface area contributed by atoms with Crippen LogP contribution in [-0.2, 0) is 0 Å². The van der Waals surface area contributed by atoms with Crippen LogP contribution < -0.4 is 10.4 Å². The summed E-state index contributed by atoms with van der Waals surface area (Å²) in [4.78, 5) is 6.48. The van der Waals surface area contributed by atoms with E-state index < -0.39 is 0 Å². The standard InChI is InChI=1S/C17H8N4/c1-11-4-5-12-13(16(9-18)20-2)6-7-14(15(12)8-11)17(10-19)21-3/h4-8H,1H3/b16-13-,17-14-. The molecule has 0 unspecified atom stereocenters. The van der Waals surface area contributed by atoms with E-state index in [1.807, 2.05) is 37.3 Å². The minimum atomic E-state index is -0.00303. The second-order valence-corrected chi connectivity index (χ2v) is 4.35. The van der Waals surface area contributed by atoms with Crippen molar-refractivity contribution in [3.8, 4) is 12.1 Å². The lowest BCUT2D eigenvalue weighted by Crippen LogP contribution is -2.14. The van der Waals surface area contributed by atoms with Crippen molar-refractivity contribution in [3.05, 3.63) is 69.2 Å². The van der Waals surface area contributed by atoms with Gasteiger partial charge in [0, 0.05) is 0 Å². The van der Waals surface area contributed by atoms with Crippen LogP contribution in [0.25, 0.3) is 31.9 Å². The minimum absolute atomic E-state index is 0.00142. The Labute approximate surface area is 121 Å². The van der Waals surface area contributed by atoms with Crippen LogP contribution in [0.5, 0.6) is 0 Å². The lowest BCUT2D eigenvalue weighted by Gasteiger charge is -2.03. The van der Waals surface area contributed by atoms with Crippen molar-refractivity contribution < 1.29 is 0 Å². The summed E-state index contributed by atoms with van der Waals surface area (Å²) in [6.07, 6.45) is 0. The fourth-order valence-electron chi connectivity index (χ4n) is 2.17. The van der Waals surface area contributed by atoms with Crippen molar-refractivity contribution in [2.24, 2.45) is 0 Å². The summed E-state index contributed by atoms with van der Waals surface area (Å²) >= 11 is 0. The molecule has 2 aromatic carbocycles. The molecule has 0 radical (unpaired) electrons. The van der Waals surface area contributed by atoms with Crippen LogP contribution in [0.2, 0.25) is 0 Å². The van der Waals surface area contributed by atoms with Gasteiger partial charge in [0.25, 0.3) is 11.4 Å². The third-order valence-electron chi connectivity index (χ3n) is 3.12. The fourth-order valence-corrected chi connectivity index (χ4v) is 2.17. The van der Waals surface area contributed by atoms with Crippen molar-refractivity contribution in [1.82, 2.24) is 0 Å². The molecule has 0 N–H and O–H groups in total. The Morgan fingerprint density at radius 3 is 1.90 bits per heavy atom. The molecule has 0 saturated heterocycles. The molecule has 0 aromatic heterocycles. The van der Waals surface area contributed by atoms with Crippen molar-refractivity contribution in [2.75, 3.05) is 0 Å². The number of fused-ring (bicyclic) bond motifs is 1. The molecule has 0 fully saturated rings. The Morgan fingerprint density at radius 1 is 0.905 bits per heavy atom. The molecule has 0 amide bonds. The summed E-state index contributed by atoms with van der Waals surface area (Å²) in [5, 5.41) is 20.6. The number of nitriles is 2. The molecular weight excluding hydrogens is 260 g/mol. The van der Waals surface area contributed by atoms with E-state index in [1.165, 1.54) is 0 Å². The van der Waals surface area contributed by atoms with Crippen LogP contribution >= 0.6 is 0 Å². The fraction of sp³-hybridized carbons (Fsp3) is 0.0588. The summed E-state index contributed by atoms with van der Waals surface area (Å²) in [5.41, 5.74) is 0.972. The van der Waals surface area contributed by atoms with Gasteiger partial charge in [-0.2, -0.15) is 0 Å². The highest BCUT2D eigenvalue weighted by molar-refractivity contribution is 5.90. The molecule has 4 heteroatoms. The number of hydrogen-bond acceptors (Lipinski definition) is 2. The quantitative estimate of drug-likeness (QED) is 0.688. The summed E-state index contributed by atoms with van der Waals surface area (Å²) in [6, 6.07) is 12.5. The van der Waals surface area contributed by atoms with E-state index in [1.54, 1.807) is 12.1 Å². The number of benzene rings is 2. The van der Waals surface area contributed by atoms with Crippen LogP contribution in [0.3, 0.4) is 0 Å². The van der Waals surface area contributed by atoms with E-state index in [0.717, 1.165) is 5.56 Å². The van der Waals surface area contributed by atoms with Gasteiger partial charge in [0.05, 0.1) is 25.3 Å². The monoisotopic (exact) mass is 268 g/mol. The molecule has 0 saturated carbocycles. The van der Waals surface area contributed by atoms with Crippen molar-refractivity contribution in [1.29, 1.82) is 10.5 Å².